The third kappa shape index (κ3) is 3.32. The first kappa shape index (κ1) is 16.7. The minimum absolute atomic E-state index is 0.0328. The van der Waals surface area contributed by atoms with Gasteiger partial charge in [-0.3, -0.25) is 0 Å². The maximum absolute atomic E-state index is 6.27. The zero-order valence-electron chi connectivity index (χ0n) is 12.6. The molecule has 2 aliphatic rings. The molecule has 1 aliphatic heterocycles. The number of benzene rings is 1. The monoisotopic (exact) mass is 401 g/mol. The van der Waals surface area contributed by atoms with Gasteiger partial charge in [-0.25, -0.2) is 9.97 Å². The van der Waals surface area contributed by atoms with Crippen molar-refractivity contribution in [3.8, 4) is 0 Å². The molecule has 0 bridgehead atoms. The Balaban J connectivity index is 1.57. The lowest BCUT2D eigenvalue weighted by Gasteiger charge is -2.14. The van der Waals surface area contributed by atoms with Crippen molar-refractivity contribution in [1.82, 2.24) is 9.97 Å². The molecule has 0 spiro atoms. The summed E-state index contributed by atoms with van der Waals surface area (Å²) in [5.74, 6) is 1.17. The molecule has 1 aromatic carbocycles. The van der Waals surface area contributed by atoms with E-state index in [9.17, 15) is 0 Å². The Morgan fingerprint density at radius 1 is 1.04 bits per heavy atom. The number of hydrogen-bond acceptors (Lipinski definition) is 5. The van der Waals surface area contributed by atoms with Gasteiger partial charge in [-0.2, -0.15) is 4.40 Å². The summed E-state index contributed by atoms with van der Waals surface area (Å²) in [6.07, 6.45) is 6.22. The molecular weight excluding hydrogens is 389 g/mol. The predicted molar refractivity (Wildman–Crippen MR) is 100 cm³/mol. The number of halogens is 3. The molecule has 2 heterocycles. The number of ether oxygens (including phenoxy) is 1. The first-order valence-electron chi connectivity index (χ1n) is 7.83. The Labute approximate surface area is 159 Å². The summed E-state index contributed by atoms with van der Waals surface area (Å²) in [7, 11) is 0. The summed E-state index contributed by atoms with van der Waals surface area (Å²) in [6.45, 7) is 0. The molecule has 0 radical (unpaired) electrons. The van der Waals surface area contributed by atoms with Gasteiger partial charge in [0.15, 0.2) is 16.3 Å². The third-order valence-corrected chi connectivity index (χ3v) is 6.14. The van der Waals surface area contributed by atoms with Crippen LogP contribution in [-0.4, -0.2) is 21.3 Å². The van der Waals surface area contributed by atoms with E-state index >= 15 is 0 Å². The highest BCUT2D eigenvalue weighted by molar-refractivity contribution is 7.98. The molecule has 1 saturated carbocycles. The Bertz CT molecular complexity index is 824. The van der Waals surface area contributed by atoms with Gasteiger partial charge in [-0.1, -0.05) is 60.5 Å². The summed E-state index contributed by atoms with van der Waals surface area (Å²) in [5, 5.41) is 1.10. The van der Waals surface area contributed by atoms with E-state index in [1.807, 2.05) is 0 Å². The van der Waals surface area contributed by atoms with Crippen molar-refractivity contribution >= 4 is 63.7 Å². The van der Waals surface area contributed by atoms with Crippen molar-refractivity contribution < 1.29 is 4.74 Å². The van der Waals surface area contributed by atoms with Crippen LogP contribution >= 0.6 is 46.8 Å². The first-order valence-corrected chi connectivity index (χ1v) is 9.80. The SMILES string of the molecule is Clc1cc2nc(Cl)c(C3=NSC(CC4CCCC4)O3)nc2cc1Cl. The highest BCUT2D eigenvalue weighted by Gasteiger charge is 2.29. The van der Waals surface area contributed by atoms with E-state index in [0.717, 1.165) is 12.3 Å². The van der Waals surface area contributed by atoms with E-state index in [-0.39, 0.29) is 10.6 Å². The molecule has 1 fully saturated rings. The van der Waals surface area contributed by atoms with Crippen molar-refractivity contribution in [2.24, 2.45) is 10.3 Å². The molecule has 126 valence electrons. The Morgan fingerprint density at radius 2 is 1.71 bits per heavy atom. The molecule has 0 saturated heterocycles. The zero-order chi connectivity index (χ0) is 16.7. The molecule has 0 amide bonds. The maximum Gasteiger partial charge on any atom is 0.251 e. The molecule has 0 N–H and O–H groups in total. The number of rotatable bonds is 3. The van der Waals surface area contributed by atoms with Crippen LogP contribution in [-0.2, 0) is 4.74 Å². The maximum atomic E-state index is 6.27. The van der Waals surface area contributed by atoms with Crippen LogP contribution in [0.25, 0.3) is 11.0 Å². The van der Waals surface area contributed by atoms with Gasteiger partial charge in [-0.15, -0.1) is 0 Å². The predicted octanol–water partition coefficient (Wildman–Crippen LogP) is 5.92. The van der Waals surface area contributed by atoms with E-state index in [0.29, 0.717) is 32.7 Å². The van der Waals surface area contributed by atoms with E-state index < -0.39 is 0 Å². The van der Waals surface area contributed by atoms with E-state index in [2.05, 4.69) is 14.4 Å². The van der Waals surface area contributed by atoms with E-state index in [1.165, 1.54) is 37.6 Å². The second kappa shape index (κ2) is 6.87. The number of nitrogens with zero attached hydrogens (tertiary/aromatic N) is 3. The minimum Gasteiger partial charge on any atom is -0.459 e. The normalized spacial score (nSPS) is 21.3. The third-order valence-electron chi connectivity index (χ3n) is 4.36. The van der Waals surface area contributed by atoms with Gasteiger partial charge in [0.25, 0.3) is 5.90 Å². The second-order valence-electron chi connectivity index (χ2n) is 6.05. The van der Waals surface area contributed by atoms with Gasteiger partial charge < -0.3 is 4.74 Å². The molecule has 1 atom stereocenters. The minimum atomic E-state index is 0.0328. The van der Waals surface area contributed by atoms with E-state index in [1.54, 1.807) is 12.1 Å². The lowest BCUT2D eigenvalue weighted by atomic mass is 10.1. The lowest BCUT2D eigenvalue weighted by Crippen LogP contribution is -2.14. The summed E-state index contributed by atoms with van der Waals surface area (Å²) in [5.41, 5.74) is 1.68. The van der Waals surface area contributed by atoms with Crippen molar-refractivity contribution in [2.45, 2.75) is 37.5 Å². The topological polar surface area (TPSA) is 47.4 Å². The van der Waals surface area contributed by atoms with Crippen LogP contribution in [0, 0.1) is 5.92 Å². The Morgan fingerprint density at radius 3 is 2.42 bits per heavy atom. The van der Waals surface area contributed by atoms with Gasteiger partial charge in [0.1, 0.15) is 0 Å². The summed E-state index contributed by atoms with van der Waals surface area (Å²) in [6, 6.07) is 3.32. The standard InChI is InChI=1S/C16H14Cl3N3OS/c17-9-6-11-12(7-10(9)18)21-15(19)14(20-11)16-22-24-13(23-16)5-8-3-1-2-4-8/h6-8,13H,1-5H2. The average molecular weight is 403 g/mol. The molecule has 4 rings (SSSR count). The molecule has 24 heavy (non-hydrogen) atoms. The van der Waals surface area contributed by atoms with Crippen LogP contribution in [0.5, 0.6) is 0 Å². The second-order valence-corrected chi connectivity index (χ2v) is 8.15. The highest BCUT2D eigenvalue weighted by atomic mass is 35.5. The molecule has 8 heteroatoms. The van der Waals surface area contributed by atoms with Gasteiger partial charge in [0.2, 0.25) is 0 Å². The lowest BCUT2D eigenvalue weighted by molar-refractivity contribution is 0.244. The summed E-state index contributed by atoms with van der Waals surface area (Å²) < 4.78 is 10.4. The molecule has 4 nitrogen and oxygen atoms in total. The zero-order valence-corrected chi connectivity index (χ0v) is 15.7. The molecular formula is C16H14Cl3N3OS. The Hall–Kier alpha value is -0.750. The first-order chi connectivity index (χ1) is 11.6. The van der Waals surface area contributed by atoms with Gasteiger partial charge in [-0.05, 0) is 24.5 Å². The van der Waals surface area contributed by atoms with Crippen molar-refractivity contribution in [3.05, 3.63) is 33.0 Å². The van der Waals surface area contributed by atoms with Crippen LogP contribution in [0.2, 0.25) is 15.2 Å². The number of aromatic nitrogens is 2. The molecule has 2 aromatic rings. The van der Waals surface area contributed by atoms with Gasteiger partial charge in [0.05, 0.1) is 21.1 Å². The van der Waals surface area contributed by atoms with E-state index in [4.69, 9.17) is 39.5 Å². The fraction of sp³-hybridized carbons (Fsp3) is 0.438. The van der Waals surface area contributed by atoms with Crippen LogP contribution in [0.3, 0.4) is 0 Å². The summed E-state index contributed by atoms with van der Waals surface area (Å²) in [4.78, 5) is 8.86. The largest absolute Gasteiger partial charge is 0.459 e. The van der Waals surface area contributed by atoms with Crippen LogP contribution in [0.1, 0.15) is 37.8 Å². The van der Waals surface area contributed by atoms with Gasteiger partial charge >= 0.3 is 0 Å². The van der Waals surface area contributed by atoms with Crippen LogP contribution in [0.15, 0.2) is 16.5 Å². The van der Waals surface area contributed by atoms with Crippen molar-refractivity contribution in [3.63, 3.8) is 0 Å². The van der Waals surface area contributed by atoms with Crippen molar-refractivity contribution in [1.29, 1.82) is 0 Å². The fourth-order valence-corrected chi connectivity index (χ4v) is 4.51. The number of fused-ring (bicyclic) bond motifs is 1. The van der Waals surface area contributed by atoms with Crippen LogP contribution < -0.4 is 0 Å². The van der Waals surface area contributed by atoms with Gasteiger partial charge in [0, 0.05) is 11.9 Å². The van der Waals surface area contributed by atoms with Crippen LogP contribution in [0.4, 0.5) is 0 Å². The molecule has 1 aromatic heterocycles. The molecule has 1 aliphatic carbocycles. The average Bonchev–Trinajstić information content (AvgIpc) is 3.21. The molecule has 1 unspecified atom stereocenters. The Kier molecular flexibility index (Phi) is 4.78. The number of hydrogen-bond donors (Lipinski definition) is 0. The van der Waals surface area contributed by atoms with Crippen molar-refractivity contribution in [2.75, 3.05) is 0 Å². The smallest absolute Gasteiger partial charge is 0.251 e. The quantitative estimate of drug-likeness (QED) is 0.598. The summed E-state index contributed by atoms with van der Waals surface area (Å²) >= 11 is 19.8. The highest BCUT2D eigenvalue weighted by Crippen LogP contribution is 2.37. The fourth-order valence-electron chi connectivity index (χ4n) is 3.15.